The number of nitrogens with zero attached hydrogens (tertiary/aromatic N) is 1. The van der Waals surface area contributed by atoms with Gasteiger partial charge >= 0.3 is 0 Å². The van der Waals surface area contributed by atoms with Crippen molar-refractivity contribution in [2.45, 2.75) is 39.3 Å². The molecular weight excluding hydrogens is 262 g/mol. The number of nitrogens with one attached hydrogen (secondary N) is 1. The normalized spacial score (nSPS) is 23.0. The van der Waals surface area contributed by atoms with Crippen LogP contribution in [0.5, 0.6) is 0 Å². The van der Waals surface area contributed by atoms with Crippen molar-refractivity contribution in [1.82, 2.24) is 10.2 Å². The molecule has 1 fully saturated rings. The third kappa shape index (κ3) is 4.83. The molecule has 1 aromatic carbocycles. The second-order valence-corrected chi connectivity index (χ2v) is 6.22. The molecule has 0 spiro atoms. The standard InChI is InChI=1S/C17H27N3O/c1-13-3-6-15(7-4-13)10-19-17(21)12-20-11-16(9-18)8-5-14(20)2/h3-4,6-7,14,16H,5,8-12,18H2,1-2H3,(H,19,21). The van der Waals surface area contributed by atoms with Crippen molar-refractivity contribution in [1.29, 1.82) is 0 Å². The molecule has 0 bridgehead atoms. The maximum atomic E-state index is 12.1. The smallest absolute Gasteiger partial charge is 0.234 e. The maximum Gasteiger partial charge on any atom is 0.234 e. The first-order chi connectivity index (χ1) is 10.1. The summed E-state index contributed by atoms with van der Waals surface area (Å²) in [5.74, 6) is 0.631. The maximum absolute atomic E-state index is 12.1. The van der Waals surface area contributed by atoms with E-state index in [1.807, 2.05) is 0 Å². The first-order valence-electron chi connectivity index (χ1n) is 7.85. The Morgan fingerprint density at radius 1 is 1.33 bits per heavy atom. The van der Waals surface area contributed by atoms with Crippen LogP contribution in [0.25, 0.3) is 0 Å². The molecule has 0 aromatic heterocycles. The van der Waals surface area contributed by atoms with Gasteiger partial charge in [-0.2, -0.15) is 0 Å². The lowest BCUT2D eigenvalue weighted by molar-refractivity contribution is -0.123. The second-order valence-electron chi connectivity index (χ2n) is 6.22. The average molecular weight is 289 g/mol. The van der Waals surface area contributed by atoms with Crippen LogP contribution in [0.15, 0.2) is 24.3 Å². The number of hydrogen-bond acceptors (Lipinski definition) is 3. The van der Waals surface area contributed by atoms with Crippen LogP contribution in [0.1, 0.15) is 30.9 Å². The Morgan fingerprint density at radius 2 is 2.05 bits per heavy atom. The van der Waals surface area contributed by atoms with Crippen LogP contribution in [-0.4, -0.2) is 36.5 Å². The van der Waals surface area contributed by atoms with Crippen LogP contribution in [0.3, 0.4) is 0 Å². The van der Waals surface area contributed by atoms with Gasteiger partial charge in [-0.1, -0.05) is 29.8 Å². The van der Waals surface area contributed by atoms with Crippen LogP contribution in [0.2, 0.25) is 0 Å². The lowest BCUT2D eigenvalue weighted by atomic mass is 9.93. The topological polar surface area (TPSA) is 58.4 Å². The zero-order valence-electron chi connectivity index (χ0n) is 13.1. The minimum Gasteiger partial charge on any atom is -0.351 e. The molecule has 1 aliphatic rings. The van der Waals surface area contributed by atoms with E-state index >= 15 is 0 Å². The highest BCUT2D eigenvalue weighted by atomic mass is 16.2. The Labute approximate surface area is 127 Å². The van der Waals surface area contributed by atoms with Gasteiger partial charge < -0.3 is 11.1 Å². The van der Waals surface area contributed by atoms with Crippen molar-refractivity contribution in [3.63, 3.8) is 0 Å². The summed E-state index contributed by atoms with van der Waals surface area (Å²) in [7, 11) is 0. The van der Waals surface area contributed by atoms with Gasteiger partial charge in [0.1, 0.15) is 0 Å². The van der Waals surface area contributed by atoms with E-state index in [2.05, 4.69) is 48.3 Å². The van der Waals surface area contributed by atoms with Crippen LogP contribution < -0.4 is 11.1 Å². The Morgan fingerprint density at radius 3 is 2.71 bits per heavy atom. The van der Waals surface area contributed by atoms with Crippen LogP contribution in [0.4, 0.5) is 0 Å². The van der Waals surface area contributed by atoms with Crippen molar-refractivity contribution in [2.24, 2.45) is 11.7 Å². The molecule has 0 radical (unpaired) electrons. The van der Waals surface area contributed by atoms with E-state index in [4.69, 9.17) is 5.73 Å². The number of likely N-dealkylation sites (tertiary alicyclic amines) is 1. The third-order valence-corrected chi connectivity index (χ3v) is 4.40. The van der Waals surface area contributed by atoms with Crippen molar-refractivity contribution in [2.75, 3.05) is 19.6 Å². The van der Waals surface area contributed by atoms with E-state index in [0.29, 0.717) is 31.6 Å². The molecule has 4 nitrogen and oxygen atoms in total. The Balaban J connectivity index is 1.79. The molecular formula is C17H27N3O. The summed E-state index contributed by atoms with van der Waals surface area (Å²) in [6, 6.07) is 8.73. The van der Waals surface area contributed by atoms with E-state index in [9.17, 15) is 4.79 Å². The number of piperidine rings is 1. The molecule has 1 aromatic rings. The van der Waals surface area contributed by atoms with Gasteiger partial charge in [0, 0.05) is 19.1 Å². The van der Waals surface area contributed by atoms with Crippen molar-refractivity contribution in [3.8, 4) is 0 Å². The van der Waals surface area contributed by atoms with Crippen LogP contribution in [-0.2, 0) is 11.3 Å². The molecule has 3 N–H and O–H groups in total. The summed E-state index contributed by atoms with van der Waals surface area (Å²) in [6.07, 6.45) is 2.31. The molecule has 2 atom stereocenters. The number of aryl methyl sites for hydroxylation is 1. The number of benzene rings is 1. The summed E-state index contributed by atoms with van der Waals surface area (Å²) in [5.41, 5.74) is 8.14. The summed E-state index contributed by atoms with van der Waals surface area (Å²) >= 11 is 0. The fraction of sp³-hybridized carbons (Fsp3) is 0.588. The fourth-order valence-corrected chi connectivity index (χ4v) is 2.82. The Bertz CT molecular complexity index is 458. The average Bonchev–Trinajstić information content (AvgIpc) is 2.49. The van der Waals surface area contributed by atoms with Crippen molar-refractivity contribution >= 4 is 5.91 Å². The van der Waals surface area contributed by atoms with Crippen LogP contribution in [0, 0.1) is 12.8 Å². The van der Waals surface area contributed by atoms with Gasteiger partial charge in [-0.3, -0.25) is 9.69 Å². The zero-order chi connectivity index (χ0) is 15.2. The Kier molecular flexibility index (Phi) is 5.76. The largest absolute Gasteiger partial charge is 0.351 e. The quantitative estimate of drug-likeness (QED) is 0.867. The van der Waals surface area contributed by atoms with E-state index in [-0.39, 0.29) is 5.91 Å². The van der Waals surface area contributed by atoms with Gasteiger partial charge in [-0.05, 0) is 44.7 Å². The highest BCUT2D eigenvalue weighted by molar-refractivity contribution is 5.78. The lowest BCUT2D eigenvalue weighted by Gasteiger charge is -2.37. The zero-order valence-corrected chi connectivity index (χ0v) is 13.1. The number of nitrogens with two attached hydrogens (primary N) is 1. The summed E-state index contributed by atoms with van der Waals surface area (Å²) in [5, 5.41) is 3.01. The predicted molar refractivity (Wildman–Crippen MR) is 85.8 cm³/mol. The third-order valence-electron chi connectivity index (χ3n) is 4.40. The van der Waals surface area contributed by atoms with Crippen molar-refractivity contribution in [3.05, 3.63) is 35.4 Å². The first-order valence-corrected chi connectivity index (χ1v) is 7.85. The molecule has 2 rings (SSSR count). The molecule has 1 saturated heterocycles. The van der Waals surface area contributed by atoms with E-state index in [1.54, 1.807) is 0 Å². The molecule has 1 aliphatic heterocycles. The number of carbonyl (C=O) groups excluding carboxylic acids is 1. The van der Waals surface area contributed by atoms with Crippen molar-refractivity contribution < 1.29 is 4.79 Å². The van der Waals surface area contributed by atoms with Gasteiger partial charge in [0.15, 0.2) is 0 Å². The molecule has 0 aliphatic carbocycles. The number of hydrogen-bond donors (Lipinski definition) is 2. The highest BCUT2D eigenvalue weighted by Gasteiger charge is 2.25. The highest BCUT2D eigenvalue weighted by Crippen LogP contribution is 2.20. The minimum absolute atomic E-state index is 0.0973. The molecule has 2 unspecified atom stereocenters. The number of carbonyl (C=O) groups is 1. The molecule has 1 amide bonds. The lowest BCUT2D eigenvalue weighted by Crippen LogP contribution is -2.48. The number of rotatable bonds is 5. The molecule has 21 heavy (non-hydrogen) atoms. The summed E-state index contributed by atoms with van der Waals surface area (Å²) < 4.78 is 0. The predicted octanol–water partition coefficient (Wildman–Crippen LogP) is 1.67. The van der Waals surface area contributed by atoms with Gasteiger partial charge in [0.05, 0.1) is 6.54 Å². The first kappa shape index (κ1) is 16.0. The molecule has 0 saturated carbocycles. The van der Waals surface area contributed by atoms with E-state index in [1.165, 1.54) is 12.0 Å². The Hall–Kier alpha value is -1.39. The monoisotopic (exact) mass is 289 g/mol. The molecule has 1 heterocycles. The SMILES string of the molecule is Cc1ccc(CNC(=O)CN2CC(CN)CCC2C)cc1. The van der Waals surface area contributed by atoms with E-state index < -0.39 is 0 Å². The fourth-order valence-electron chi connectivity index (χ4n) is 2.82. The van der Waals surface area contributed by atoms with Gasteiger partial charge in [-0.15, -0.1) is 0 Å². The summed E-state index contributed by atoms with van der Waals surface area (Å²) in [4.78, 5) is 14.4. The van der Waals surface area contributed by atoms with Crippen LogP contribution >= 0.6 is 0 Å². The van der Waals surface area contributed by atoms with Gasteiger partial charge in [-0.25, -0.2) is 0 Å². The minimum atomic E-state index is 0.0973. The van der Waals surface area contributed by atoms with Gasteiger partial charge in [0.25, 0.3) is 0 Å². The summed E-state index contributed by atoms with van der Waals surface area (Å²) in [6.45, 7) is 6.99. The van der Waals surface area contributed by atoms with E-state index in [0.717, 1.165) is 18.5 Å². The molecule has 116 valence electrons. The second kappa shape index (κ2) is 7.57. The van der Waals surface area contributed by atoms with Gasteiger partial charge in [0.2, 0.25) is 5.91 Å². The number of amides is 1. The molecule has 4 heteroatoms.